The van der Waals surface area contributed by atoms with Crippen LogP contribution in [0.2, 0.25) is 0 Å². The summed E-state index contributed by atoms with van der Waals surface area (Å²) < 4.78 is 2.25. The highest BCUT2D eigenvalue weighted by atomic mass is 127. The minimum atomic E-state index is 0. The number of fused-ring (bicyclic) bond motifs is 1. The lowest BCUT2D eigenvalue weighted by Crippen LogP contribution is -2.49. The summed E-state index contributed by atoms with van der Waals surface area (Å²) in [6.45, 7) is 4.89. The summed E-state index contributed by atoms with van der Waals surface area (Å²) in [6, 6.07) is 10.9. The van der Waals surface area contributed by atoms with Gasteiger partial charge in [-0.3, -0.25) is 4.99 Å². The fourth-order valence-electron chi connectivity index (χ4n) is 4.37. The van der Waals surface area contributed by atoms with E-state index in [4.69, 9.17) is 0 Å². The second kappa shape index (κ2) is 9.24. The Morgan fingerprint density at radius 3 is 2.68 bits per heavy atom. The van der Waals surface area contributed by atoms with Gasteiger partial charge < -0.3 is 15.2 Å². The quantitative estimate of drug-likeness (QED) is 0.381. The van der Waals surface area contributed by atoms with Gasteiger partial charge in [-0.15, -0.1) is 34.2 Å². The van der Waals surface area contributed by atoms with Crippen LogP contribution in [0.25, 0.3) is 0 Å². The zero-order valence-corrected chi connectivity index (χ0v) is 19.1. The number of aromatic nitrogens is 3. The van der Waals surface area contributed by atoms with Gasteiger partial charge in [0.25, 0.3) is 0 Å². The fourth-order valence-corrected chi connectivity index (χ4v) is 4.37. The van der Waals surface area contributed by atoms with Crippen LogP contribution in [0, 0.1) is 12.8 Å². The van der Waals surface area contributed by atoms with E-state index < -0.39 is 0 Å². The summed E-state index contributed by atoms with van der Waals surface area (Å²) in [7, 11) is 1.86. The molecule has 0 bridgehead atoms. The summed E-state index contributed by atoms with van der Waals surface area (Å²) >= 11 is 0. The predicted octanol–water partition coefficient (Wildman–Crippen LogP) is 3.05. The van der Waals surface area contributed by atoms with Crippen molar-refractivity contribution in [2.45, 2.75) is 51.0 Å². The topological polar surface area (TPSA) is 67.1 Å². The SMILES string of the molecule is CN=C(NCC1CCc2nnc(C)n2C1)NCC1(c2ccccc2)CCC1.I. The zero-order valence-electron chi connectivity index (χ0n) is 16.8. The van der Waals surface area contributed by atoms with Crippen molar-refractivity contribution in [1.82, 2.24) is 25.4 Å². The van der Waals surface area contributed by atoms with Crippen molar-refractivity contribution in [1.29, 1.82) is 0 Å². The molecule has 28 heavy (non-hydrogen) atoms. The van der Waals surface area contributed by atoms with Gasteiger partial charge in [0.15, 0.2) is 5.96 Å². The molecule has 2 aliphatic rings. The van der Waals surface area contributed by atoms with E-state index in [0.717, 1.165) is 50.1 Å². The normalized spacial score (nSPS) is 20.5. The van der Waals surface area contributed by atoms with E-state index in [1.807, 2.05) is 14.0 Å². The Morgan fingerprint density at radius 1 is 1.21 bits per heavy atom. The van der Waals surface area contributed by atoms with E-state index in [1.54, 1.807) is 0 Å². The van der Waals surface area contributed by atoms with Crippen molar-refractivity contribution in [3.05, 3.63) is 47.5 Å². The Kier molecular flexibility index (Phi) is 6.95. The molecule has 0 amide bonds. The number of benzene rings is 1. The summed E-state index contributed by atoms with van der Waals surface area (Å²) in [5.74, 6) is 3.63. The fraction of sp³-hybridized carbons (Fsp3) is 0.571. The highest BCUT2D eigenvalue weighted by Crippen LogP contribution is 2.43. The Bertz CT molecular complexity index is 796. The molecule has 7 heteroatoms. The molecule has 0 saturated heterocycles. The van der Waals surface area contributed by atoms with E-state index in [9.17, 15) is 0 Å². The molecule has 1 aliphatic heterocycles. The zero-order chi connectivity index (χ0) is 18.7. The first kappa shape index (κ1) is 21.1. The number of nitrogens with one attached hydrogen (secondary N) is 2. The van der Waals surface area contributed by atoms with Crippen LogP contribution in [0.4, 0.5) is 0 Å². The molecule has 1 atom stereocenters. The standard InChI is InChI=1S/C21H30N6.HI/c1-16-25-26-19-10-9-17(14-27(16)19)13-23-20(22-2)24-15-21(11-6-12-21)18-7-4-3-5-8-18;/h3-5,7-8,17H,6,9-15H2,1-2H3,(H2,22,23,24);1H. The van der Waals surface area contributed by atoms with Crippen molar-refractivity contribution in [3.63, 3.8) is 0 Å². The van der Waals surface area contributed by atoms with Crippen molar-refractivity contribution >= 4 is 29.9 Å². The first-order chi connectivity index (χ1) is 13.2. The maximum absolute atomic E-state index is 4.44. The first-order valence-corrected chi connectivity index (χ1v) is 10.1. The molecular weight excluding hydrogens is 463 g/mol. The van der Waals surface area contributed by atoms with Crippen LogP contribution < -0.4 is 10.6 Å². The van der Waals surface area contributed by atoms with Gasteiger partial charge in [-0.1, -0.05) is 36.8 Å². The summed E-state index contributed by atoms with van der Waals surface area (Å²) in [6.07, 6.45) is 5.97. The van der Waals surface area contributed by atoms with Crippen molar-refractivity contribution in [3.8, 4) is 0 Å². The third kappa shape index (κ3) is 4.34. The highest BCUT2D eigenvalue weighted by Gasteiger charge is 2.38. The van der Waals surface area contributed by atoms with Gasteiger partial charge in [-0.05, 0) is 37.7 Å². The molecule has 1 aromatic heterocycles. The van der Waals surface area contributed by atoms with Crippen LogP contribution in [0.15, 0.2) is 35.3 Å². The molecule has 0 spiro atoms. The molecule has 1 aromatic carbocycles. The molecule has 0 radical (unpaired) electrons. The molecule has 1 unspecified atom stereocenters. The van der Waals surface area contributed by atoms with E-state index in [2.05, 4.69) is 60.7 Å². The number of guanidine groups is 1. The first-order valence-electron chi connectivity index (χ1n) is 10.1. The maximum atomic E-state index is 4.44. The highest BCUT2D eigenvalue weighted by molar-refractivity contribution is 14.0. The van der Waals surface area contributed by atoms with Crippen molar-refractivity contribution in [2.75, 3.05) is 20.1 Å². The molecule has 4 rings (SSSR count). The van der Waals surface area contributed by atoms with Gasteiger partial charge in [0.1, 0.15) is 11.6 Å². The van der Waals surface area contributed by atoms with Gasteiger partial charge in [0.05, 0.1) is 0 Å². The van der Waals surface area contributed by atoms with Crippen LogP contribution in [0.3, 0.4) is 0 Å². The smallest absolute Gasteiger partial charge is 0.191 e. The lowest BCUT2D eigenvalue weighted by atomic mass is 9.64. The third-order valence-electron chi connectivity index (χ3n) is 6.30. The second-order valence-electron chi connectivity index (χ2n) is 7.99. The maximum Gasteiger partial charge on any atom is 0.191 e. The summed E-state index contributed by atoms with van der Waals surface area (Å²) in [4.78, 5) is 4.44. The van der Waals surface area contributed by atoms with Crippen LogP contribution in [-0.4, -0.2) is 40.9 Å². The molecule has 1 fully saturated rings. The minimum Gasteiger partial charge on any atom is -0.356 e. The average Bonchev–Trinajstić information content (AvgIpc) is 3.04. The lowest BCUT2D eigenvalue weighted by Gasteiger charge is -2.43. The Morgan fingerprint density at radius 2 is 2.00 bits per heavy atom. The number of aliphatic imine (C=N–C) groups is 1. The van der Waals surface area contributed by atoms with Gasteiger partial charge in [0.2, 0.25) is 0 Å². The van der Waals surface area contributed by atoms with Crippen molar-refractivity contribution < 1.29 is 0 Å². The number of halogens is 1. The Balaban J connectivity index is 0.00000225. The van der Waals surface area contributed by atoms with E-state index >= 15 is 0 Å². The lowest BCUT2D eigenvalue weighted by molar-refractivity contribution is 0.243. The average molecular weight is 494 g/mol. The number of nitrogens with zero attached hydrogens (tertiary/aromatic N) is 4. The number of hydrogen-bond donors (Lipinski definition) is 2. The van der Waals surface area contributed by atoms with Gasteiger partial charge in [0, 0.05) is 38.5 Å². The van der Waals surface area contributed by atoms with Crippen LogP contribution in [0.1, 0.15) is 42.9 Å². The second-order valence-corrected chi connectivity index (χ2v) is 7.99. The molecule has 152 valence electrons. The van der Waals surface area contributed by atoms with Crippen LogP contribution in [0.5, 0.6) is 0 Å². The molecular formula is C21H31IN6. The molecule has 6 nitrogen and oxygen atoms in total. The molecule has 2 N–H and O–H groups in total. The van der Waals surface area contributed by atoms with Crippen molar-refractivity contribution in [2.24, 2.45) is 10.9 Å². The number of aryl methyl sites for hydroxylation is 2. The summed E-state index contributed by atoms with van der Waals surface area (Å²) in [5.41, 5.74) is 1.71. The summed E-state index contributed by atoms with van der Waals surface area (Å²) in [5, 5.41) is 15.6. The monoisotopic (exact) mass is 494 g/mol. The van der Waals surface area contributed by atoms with Crippen LogP contribution >= 0.6 is 24.0 Å². The van der Waals surface area contributed by atoms with Gasteiger partial charge >= 0.3 is 0 Å². The van der Waals surface area contributed by atoms with Gasteiger partial charge in [-0.2, -0.15) is 0 Å². The Hall–Kier alpha value is -1.64. The van der Waals surface area contributed by atoms with E-state index in [1.165, 1.54) is 24.8 Å². The number of hydrogen-bond acceptors (Lipinski definition) is 3. The Labute approximate surface area is 184 Å². The minimum absolute atomic E-state index is 0. The predicted molar refractivity (Wildman–Crippen MR) is 123 cm³/mol. The number of rotatable bonds is 5. The molecule has 1 aliphatic carbocycles. The molecule has 1 saturated carbocycles. The largest absolute Gasteiger partial charge is 0.356 e. The van der Waals surface area contributed by atoms with Crippen LogP contribution in [-0.2, 0) is 18.4 Å². The molecule has 2 heterocycles. The van der Waals surface area contributed by atoms with E-state index in [-0.39, 0.29) is 29.4 Å². The molecule has 2 aromatic rings. The van der Waals surface area contributed by atoms with E-state index in [0.29, 0.717) is 5.92 Å². The van der Waals surface area contributed by atoms with Gasteiger partial charge in [-0.25, -0.2) is 0 Å². The third-order valence-corrected chi connectivity index (χ3v) is 6.30.